The minimum Gasteiger partial charge on any atom is -0.480 e. The first kappa shape index (κ1) is 23.7. The van der Waals surface area contributed by atoms with Gasteiger partial charge in [-0.2, -0.15) is 0 Å². The first-order valence-corrected chi connectivity index (χ1v) is 11.3. The van der Waals surface area contributed by atoms with E-state index in [1.54, 1.807) is 0 Å². The summed E-state index contributed by atoms with van der Waals surface area (Å²) < 4.78 is 11.1. The summed E-state index contributed by atoms with van der Waals surface area (Å²) in [5.74, 6) is -2.41. The van der Waals surface area contributed by atoms with E-state index in [0.717, 1.165) is 22.3 Å². The van der Waals surface area contributed by atoms with Gasteiger partial charge in [0.25, 0.3) is 0 Å². The highest BCUT2D eigenvalue weighted by molar-refractivity contribution is 5.85. The summed E-state index contributed by atoms with van der Waals surface area (Å²) in [6, 6.07) is 14.8. The average molecular weight is 469 g/mol. The van der Waals surface area contributed by atoms with Crippen molar-refractivity contribution in [2.24, 2.45) is 5.92 Å². The number of aliphatic hydroxyl groups is 1. The van der Waals surface area contributed by atoms with Crippen LogP contribution in [0.3, 0.4) is 0 Å². The predicted molar refractivity (Wildman–Crippen MR) is 122 cm³/mol. The fourth-order valence-electron chi connectivity index (χ4n) is 4.54. The van der Waals surface area contributed by atoms with Gasteiger partial charge in [0.1, 0.15) is 6.61 Å². The van der Waals surface area contributed by atoms with Gasteiger partial charge in [-0.15, -0.1) is 0 Å². The van der Waals surface area contributed by atoms with Crippen molar-refractivity contribution in [2.45, 2.75) is 37.5 Å². The summed E-state index contributed by atoms with van der Waals surface area (Å²) in [6.07, 6.45) is -1.87. The second kappa shape index (κ2) is 10.2. The summed E-state index contributed by atoms with van der Waals surface area (Å²) in [5.41, 5.74) is 4.55. The molecule has 34 heavy (non-hydrogen) atoms. The lowest BCUT2D eigenvalue weighted by Gasteiger charge is -2.19. The molecule has 9 heteroatoms. The fraction of sp³-hybridized carbons (Fsp3) is 0.400. The quantitative estimate of drug-likeness (QED) is 0.465. The summed E-state index contributed by atoms with van der Waals surface area (Å²) in [6.45, 7) is 1.77. The number of ether oxygens (including phenoxy) is 2. The van der Waals surface area contributed by atoms with Gasteiger partial charge in [0.15, 0.2) is 6.04 Å². The molecule has 0 radical (unpaired) electrons. The van der Waals surface area contributed by atoms with Crippen LogP contribution in [0.2, 0.25) is 0 Å². The Balaban J connectivity index is 1.25. The van der Waals surface area contributed by atoms with Crippen molar-refractivity contribution >= 4 is 18.0 Å². The van der Waals surface area contributed by atoms with Crippen LogP contribution in [0.1, 0.15) is 30.4 Å². The molecule has 1 heterocycles. The number of hydrogen-bond acceptors (Lipinski definition) is 6. The third kappa shape index (κ3) is 5.05. The topological polar surface area (TPSA) is 134 Å². The number of carboxylic acids is 1. The van der Waals surface area contributed by atoms with Gasteiger partial charge in [-0.05, 0) is 35.6 Å². The average Bonchev–Trinajstić information content (AvgIpc) is 3.42. The van der Waals surface area contributed by atoms with Gasteiger partial charge < -0.3 is 30.3 Å². The van der Waals surface area contributed by atoms with Crippen molar-refractivity contribution in [3.8, 4) is 11.1 Å². The largest absolute Gasteiger partial charge is 0.480 e. The Morgan fingerprint density at radius 2 is 1.71 bits per heavy atom. The van der Waals surface area contributed by atoms with Crippen molar-refractivity contribution in [2.75, 3.05) is 19.8 Å². The molecule has 4 N–H and O–H groups in total. The van der Waals surface area contributed by atoms with E-state index in [0.29, 0.717) is 6.42 Å². The third-order valence-electron chi connectivity index (χ3n) is 6.32. The molecule has 2 aromatic rings. The molecule has 0 bridgehead atoms. The van der Waals surface area contributed by atoms with E-state index in [1.807, 2.05) is 36.4 Å². The lowest BCUT2D eigenvalue weighted by atomic mass is 9.98. The lowest BCUT2D eigenvalue weighted by molar-refractivity contribution is -0.145. The molecular formula is C25H28N2O7. The van der Waals surface area contributed by atoms with Gasteiger partial charge in [-0.1, -0.05) is 48.5 Å². The van der Waals surface area contributed by atoms with Gasteiger partial charge in [0.2, 0.25) is 5.91 Å². The molecule has 1 aliphatic heterocycles. The van der Waals surface area contributed by atoms with Crippen molar-refractivity contribution in [3.63, 3.8) is 0 Å². The van der Waals surface area contributed by atoms with E-state index in [4.69, 9.17) is 14.6 Å². The van der Waals surface area contributed by atoms with E-state index >= 15 is 0 Å². The number of carbonyl (C=O) groups is 3. The molecule has 9 nitrogen and oxygen atoms in total. The molecule has 4 atom stereocenters. The molecule has 2 aliphatic rings. The molecule has 0 spiro atoms. The Hall–Kier alpha value is -3.43. The molecule has 2 amide bonds. The SMILES string of the molecule is C[C@@H](O)[C@H](NC(=O)C1COC(CNC(=O)OCC2c3ccccc3-c3ccccc32)C1)C(=O)O. The maximum Gasteiger partial charge on any atom is 0.407 e. The van der Waals surface area contributed by atoms with Crippen LogP contribution in [0.25, 0.3) is 11.1 Å². The smallest absolute Gasteiger partial charge is 0.407 e. The van der Waals surface area contributed by atoms with Crippen LogP contribution in [0.5, 0.6) is 0 Å². The van der Waals surface area contributed by atoms with E-state index in [9.17, 15) is 19.5 Å². The van der Waals surface area contributed by atoms with Crippen LogP contribution < -0.4 is 10.6 Å². The van der Waals surface area contributed by atoms with Crippen LogP contribution in [0.15, 0.2) is 48.5 Å². The normalized spacial score (nSPS) is 20.6. The number of fused-ring (bicyclic) bond motifs is 3. The summed E-state index contributed by atoms with van der Waals surface area (Å²) in [5, 5.41) is 23.6. The molecular weight excluding hydrogens is 440 g/mol. The standard InChI is InChI=1S/C25H28N2O7/c1-14(28)22(24(30)31)27-23(29)15-10-16(33-12-15)11-26-25(32)34-13-21-19-8-4-2-6-17(19)18-7-3-5-9-20(18)21/h2-9,14-16,21-22,28H,10-13H2,1H3,(H,26,32)(H,27,29)(H,30,31)/t14-,15?,16?,22+/m1/s1. The summed E-state index contributed by atoms with van der Waals surface area (Å²) in [7, 11) is 0. The van der Waals surface area contributed by atoms with Crippen molar-refractivity contribution in [3.05, 3.63) is 59.7 Å². The number of carboxylic acid groups (broad SMARTS) is 1. The van der Waals surface area contributed by atoms with Gasteiger partial charge in [-0.3, -0.25) is 4.79 Å². The summed E-state index contributed by atoms with van der Waals surface area (Å²) >= 11 is 0. The van der Waals surface area contributed by atoms with Gasteiger partial charge in [0.05, 0.1) is 24.7 Å². The van der Waals surface area contributed by atoms with Gasteiger partial charge >= 0.3 is 12.1 Å². The number of carbonyl (C=O) groups excluding carboxylic acids is 2. The Kier molecular flexibility index (Phi) is 7.14. The number of aliphatic hydroxyl groups excluding tert-OH is 1. The van der Waals surface area contributed by atoms with Crippen molar-refractivity contribution in [1.29, 1.82) is 0 Å². The summed E-state index contributed by atoms with van der Waals surface area (Å²) in [4.78, 5) is 35.8. The molecule has 1 saturated heterocycles. The molecule has 0 saturated carbocycles. The first-order valence-electron chi connectivity index (χ1n) is 11.3. The highest BCUT2D eigenvalue weighted by Gasteiger charge is 2.35. The van der Waals surface area contributed by atoms with E-state index in [-0.39, 0.29) is 25.7 Å². The third-order valence-corrected chi connectivity index (χ3v) is 6.32. The lowest BCUT2D eigenvalue weighted by Crippen LogP contribution is -2.49. The maximum atomic E-state index is 12.3. The van der Waals surface area contributed by atoms with E-state index < -0.39 is 42.1 Å². The zero-order chi connectivity index (χ0) is 24.2. The minimum atomic E-state index is -1.38. The van der Waals surface area contributed by atoms with Crippen molar-refractivity contribution < 1.29 is 34.1 Å². The van der Waals surface area contributed by atoms with E-state index in [2.05, 4.69) is 22.8 Å². The highest BCUT2D eigenvalue weighted by Crippen LogP contribution is 2.44. The van der Waals surface area contributed by atoms with Gasteiger partial charge in [-0.25, -0.2) is 9.59 Å². The molecule has 0 aromatic heterocycles. The second-order valence-electron chi connectivity index (χ2n) is 8.66. The molecule has 4 rings (SSSR count). The van der Waals surface area contributed by atoms with Crippen LogP contribution in [-0.4, -0.2) is 66.2 Å². The maximum absolute atomic E-state index is 12.3. The molecule has 180 valence electrons. The monoisotopic (exact) mass is 468 g/mol. The number of aliphatic carboxylic acids is 1. The number of nitrogens with one attached hydrogen (secondary N) is 2. The number of amides is 2. The fourth-order valence-corrected chi connectivity index (χ4v) is 4.54. The van der Waals surface area contributed by atoms with Crippen LogP contribution in [0.4, 0.5) is 4.79 Å². The Morgan fingerprint density at radius 3 is 2.29 bits per heavy atom. The Labute approximate surface area is 197 Å². The number of hydrogen-bond donors (Lipinski definition) is 4. The zero-order valence-electron chi connectivity index (χ0n) is 18.8. The zero-order valence-corrected chi connectivity index (χ0v) is 18.8. The molecule has 1 aliphatic carbocycles. The van der Waals surface area contributed by atoms with Crippen LogP contribution >= 0.6 is 0 Å². The number of rotatable bonds is 8. The highest BCUT2D eigenvalue weighted by atomic mass is 16.5. The Bertz CT molecular complexity index is 1030. The first-order chi connectivity index (χ1) is 16.3. The van der Waals surface area contributed by atoms with Gasteiger partial charge in [0, 0.05) is 12.5 Å². The number of alkyl carbamates (subject to hydrolysis) is 1. The second-order valence-corrected chi connectivity index (χ2v) is 8.66. The van der Waals surface area contributed by atoms with Crippen LogP contribution in [-0.2, 0) is 19.1 Å². The molecule has 2 unspecified atom stereocenters. The van der Waals surface area contributed by atoms with Crippen molar-refractivity contribution in [1.82, 2.24) is 10.6 Å². The Morgan fingerprint density at radius 1 is 1.09 bits per heavy atom. The minimum absolute atomic E-state index is 0.0370. The van der Waals surface area contributed by atoms with E-state index in [1.165, 1.54) is 6.92 Å². The van der Waals surface area contributed by atoms with Crippen LogP contribution in [0, 0.1) is 5.92 Å². The predicted octanol–water partition coefficient (Wildman–Crippen LogP) is 1.88. The molecule has 2 aromatic carbocycles. The molecule has 1 fully saturated rings. The number of benzene rings is 2.